The monoisotopic (exact) mass is 339 g/mol. The SMILES string of the molecule is CC1CCCCN1C(=O)CN(C)Cc1cc([N+](=O)[O-])ccc1Cl. The van der Waals surface area contributed by atoms with Crippen molar-refractivity contribution in [3.8, 4) is 0 Å². The molecule has 2 rings (SSSR count). The van der Waals surface area contributed by atoms with E-state index in [-0.39, 0.29) is 24.2 Å². The van der Waals surface area contributed by atoms with Gasteiger partial charge in [-0.3, -0.25) is 19.8 Å². The first kappa shape index (κ1) is 17.7. The zero-order valence-electron chi connectivity index (χ0n) is 13.5. The topological polar surface area (TPSA) is 66.7 Å². The van der Waals surface area contributed by atoms with Gasteiger partial charge in [-0.15, -0.1) is 0 Å². The largest absolute Gasteiger partial charge is 0.339 e. The first-order valence-electron chi connectivity index (χ1n) is 7.79. The van der Waals surface area contributed by atoms with Gasteiger partial charge in [0.25, 0.3) is 5.69 Å². The first-order valence-corrected chi connectivity index (χ1v) is 8.17. The summed E-state index contributed by atoms with van der Waals surface area (Å²) < 4.78 is 0. The van der Waals surface area contributed by atoms with E-state index in [1.54, 1.807) is 0 Å². The van der Waals surface area contributed by atoms with E-state index in [0.717, 1.165) is 19.4 Å². The lowest BCUT2D eigenvalue weighted by Crippen LogP contribution is -2.46. The molecule has 1 amide bonds. The number of nitro groups is 1. The molecule has 1 fully saturated rings. The Morgan fingerprint density at radius 2 is 2.22 bits per heavy atom. The molecule has 1 aliphatic rings. The number of likely N-dealkylation sites (N-methyl/N-ethyl adjacent to an activating group) is 1. The van der Waals surface area contributed by atoms with Gasteiger partial charge < -0.3 is 4.90 Å². The van der Waals surface area contributed by atoms with Crippen LogP contribution < -0.4 is 0 Å². The number of benzene rings is 1. The van der Waals surface area contributed by atoms with E-state index in [1.165, 1.54) is 24.6 Å². The summed E-state index contributed by atoms with van der Waals surface area (Å²) in [7, 11) is 1.82. The molecule has 0 bridgehead atoms. The van der Waals surface area contributed by atoms with Gasteiger partial charge in [0.2, 0.25) is 5.91 Å². The highest BCUT2D eigenvalue weighted by atomic mass is 35.5. The van der Waals surface area contributed by atoms with Crippen molar-refractivity contribution in [1.82, 2.24) is 9.80 Å². The number of nitrogens with zero attached hydrogens (tertiary/aromatic N) is 3. The molecule has 0 radical (unpaired) electrons. The van der Waals surface area contributed by atoms with Gasteiger partial charge in [-0.2, -0.15) is 0 Å². The molecule has 6 nitrogen and oxygen atoms in total. The Kier molecular flexibility index (Phi) is 5.96. The standard InChI is InChI=1S/C16H22ClN3O3/c1-12-5-3-4-8-19(12)16(21)11-18(2)10-13-9-14(20(22)23)6-7-15(13)17/h6-7,9,12H,3-5,8,10-11H2,1-2H3. The second-order valence-electron chi connectivity index (χ2n) is 6.14. The minimum atomic E-state index is -0.444. The maximum Gasteiger partial charge on any atom is 0.269 e. The number of amides is 1. The lowest BCUT2D eigenvalue weighted by Gasteiger charge is -2.34. The third-order valence-corrected chi connectivity index (χ3v) is 4.58. The summed E-state index contributed by atoms with van der Waals surface area (Å²) in [5.74, 6) is 0.0984. The number of likely N-dealkylation sites (tertiary alicyclic amines) is 1. The van der Waals surface area contributed by atoms with Crippen LogP contribution in [0.2, 0.25) is 5.02 Å². The third-order valence-electron chi connectivity index (χ3n) is 4.21. The highest BCUT2D eigenvalue weighted by Gasteiger charge is 2.24. The van der Waals surface area contributed by atoms with E-state index >= 15 is 0 Å². The van der Waals surface area contributed by atoms with Crippen molar-refractivity contribution in [2.45, 2.75) is 38.8 Å². The highest BCUT2D eigenvalue weighted by Crippen LogP contribution is 2.23. The Balaban J connectivity index is 1.99. The van der Waals surface area contributed by atoms with Crippen molar-refractivity contribution >= 4 is 23.2 Å². The predicted molar refractivity (Wildman–Crippen MR) is 89.5 cm³/mol. The van der Waals surface area contributed by atoms with Crippen LogP contribution in [-0.4, -0.2) is 46.8 Å². The van der Waals surface area contributed by atoms with E-state index in [9.17, 15) is 14.9 Å². The van der Waals surface area contributed by atoms with Crippen LogP contribution >= 0.6 is 11.6 Å². The molecule has 1 saturated heterocycles. The van der Waals surface area contributed by atoms with E-state index < -0.39 is 4.92 Å². The smallest absolute Gasteiger partial charge is 0.269 e. The zero-order valence-corrected chi connectivity index (χ0v) is 14.3. The molecule has 126 valence electrons. The maximum absolute atomic E-state index is 12.4. The van der Waals surface area contributed by atoms with Crippen LogP contribution in [0.4, 0.5) is 5.69 Å². The van der Waals surface area contributed by atoms with Gasteiger partial charge in [0.05, 0.1) is 11.5 Å². The summed E-state index contributed by atoms with van der Waals surface area (Å²) in [5.41, 5.74) is 0.664. The van der Waals surface area contributed by atoms with Crippen LogP contribution in [0, 0.1) is 10.1 Å². The summed E-state index contributed by atoms with van der Waals surface area (Å²) in [6.07, 6.45) is 3.27. The minimum absolute atomic E-state index is 0.00813. The summed E-state index contributed by atoms with van der Waals surface area (Å²) in [5, 5.41) is 11.3. The fraction of sp³-hybridized carbons (Fsp3) is 0.562. The van der Waals surface area contributed by atoms with Crippen molar-refractivity contribution in [3.05, 3.63) is 38.9 Å². The van der Waals surface area contributed by atoms with Crippen LogP contribution in [-0.2, 0) is 11.3 Å². The molecule has 1 aromatic rings. The van der Waals surface area contributed by atoms with Crippen LogP contribution in [0.5, 0.6) is 0 Å². The van der Waals surface area contributed by atoms with Crippen molar-refractivity contribution in [2.75, 3.05) is 20.1 Å². The molecular formula is C16H22ClN3O3. The average Bonchev–Trinajstić information content (AvgIpc) is 2.49. The predicted octanol–water partition coefficient (Wildman–Crippen LogP) is 3.08. The minimum Gasteiger partial charge on any atom is -0.339 e. The zero-order chi connectivity index (χ0) is 17.0. The number of nitro benzene ring substituents is 1. The number of halogens is 1. The Labute approximate surface area is 141 Å². The number of rotatable bonds is 5. The van der Waals surface area contributed by atoms with Gasteiger partial charge in [0.15, 0.2) is 0 Å². The first-order chi connectivity index (χ1) is 10.9. The molecule has 1 atom stereocenters. The number of hydrogen-bond acceptors (Lipinski definition) is 4. The van der Waals surface area contributed by atoms with Gasteiger partial charge >= 0.3 is 0 Å². The van der Waals surface area contributed by atoms with Crippen molar-refractivity contribution < 1.29 is 9.72 Å². The van der Waals surface area contributed by atoms with Gasteiger partial charge in [-0.05, 0) is 44.9 Å². The molecule has 0 aliphatic carbocycles. The Morgan fingerprint density at radius 3 is 2.87 bits per heavy atom. The summed E-state index contributed by atoms with van der Waals surface area (Å²) in [6.45, 7) is 3.57. The van der Waals surface area contributed by atoms with Crippen LogP contribution in [0.3, 0.4) is 0 Å². The molecule has 7 heteroatoms. The lowest BCUT2D eigenvalue weighted by atomic mass is 10.0. The molecule has 1 aromatic carbocycles. The molecule has 0 aromatic heterocycles. The van der Waals surface area contributed by atoms with Gasteiger partial charge in [-0.1, -0.05) is 11.6 Å². The fourth-order valence-electron chi connectivity index (χ4n) is 2.93. The van der Waals surface area contributed by atoms with Gasteiger partial charge in [0.1, 0.15) is 0 Å². The number of carbonyl (C=O) groups excluding carboxylic acids is 1. The van der Waals surface area contributed by atoms with Crippen LogP contribution in [0.25, 0.3) is 0 Å². The van der Waals surface area contributed by atoms with E-state index in [2.05, 4.69) is 6.92 Å². The number of non-ortho nitro benzene ring substituents is 1. The molecule has 23 heavy (non-hydrogen) atoms. The van der Waals surface area contributed by atoms with Crippen molar-refractivity contribution in [2.24, 2.45) is 0 Å². The van der Waals surface area contributed by atoms with Crippen molar-refractivity contribution in [3.63, 3.8) is 0 Å². The molecule has 0 N–H and O–H groups in total. The maximum atomic E-state index is 12.4. The van der Waals surface area contributed by atoms with Crippen LogP contribution in [0.1, 0.15) is 31.7 Å². The van der Waals surface area contributed by atoms with Gasteiger partial charge in [0, 0.05) is 36.3 Å². The summed E-state index contributed by atoms with van der Waals surface area (Å²) in [6, 6.07) is 4.66. The highest BCUT2D eigenvalue weighted by molar-refractivity contribution is 6.31. The third kappa shape index (κ3) is 4.65. The van der Waals surface area contributed by atoms with E-state index in [1.807, 2.05) is 16.8 Å². The van der Waals surface area contributed by atoms with Crippen LogP contribution in [0.15, 0.2) is 18.2 Å². The second-order valence-corrected chi connectivity index (χ2v) is 6.54. The second kappa shape index (κ2) is 7.75. The van der Waals surface area contributed by atoms with E-state index in [0.29, 0.717) is 17.1 Å². The Hall–Kier alpha value is -1.66. The number of piperidine rings is 1. The number of hydrogen-bond donors (Lipinski definition) is 0. The average molecular weight is 340 g/mol. The lowest BCUT2D eigenvalue weighted by molar-refractivity contribution is -0.384. The van der Waals surface area contributed by atoms with Crippen molar-refractivity contribution in [1.29, 1.82) is 0 Å². The molecule has 1 heterocycles. The molecule has 1 unspecified atom stereocenters. The quantitative estimate of drug-likeness (QED) is 0.610. The summed E-state index contributed by atoms with van der Waals surface area (Å²) in [4.78, 5) is 26.6. The molecule has 0 spiro atoms. The van der Waals surface area contributed by atoms with Gasteiger partial charge in [-0.25, -0.2) is 0 Å². The Morgan fingerprint density at radius 1 is 1.48 bits per heavy atom. The normalized spacial score (nSPS) is 18.3. The molecule has 1 aliphatic heterocycles. The number of carbonyl (C=O) groups is 1. The van der Waals surface area contributed by atoms with E-state index in [4.69, 9.17) is 11.6 Å². The summed E-state index contributed by atoms with van der Waals surface area (Å²) >= 11 is 6.11. The molecular weight excluding hydrogens is 318 g/mol. The Bertz CT molecular complexity index is 594. The fourth-order valence-corrected chi connectivity index (χ4v) is 3.11. The molecule has 0 saturated carbocycles.